The van der Waals surface area contributed by atoms with E-state index in [1.165, 1.54) is 72.3 Å². The summed E-state index contributed by atoms with van der Waals surface area (Å²) in [5.74, 6) is 0. The van der Waals surface area contributed by atoms with Gasteiger partial charge in [0, 0.05) is 66.7 Å². The van der Waals surface area contributed by atoms with Crippen LogP contribution in [-0.4, -0.2) is 0 Å². The van der Waals surface area contributed by atoms with E-state index in [1.54, 1.807) is 0 Å². The molecule has 0 saturated carbocycles. The Morgan fingerprint density at radius 1 is 0.157 bits per heavy atom. The molecule has 0 amide bonds. The van der Waals surface area contributed by atoms with Crippen molar-refractivity contribution in [2.24, 2.45) is 0 Å². The lowest BCUT2D eigenvalue weighted by molar-refractivity contribution is 0.668. The molecular formula is C134H86N4O2. The number of hydrogen-bond acceptors (Lipinski definition) is 6. The van der Waals surface area contributed by atoms with E-state index in [4.69, 9.17) is 8.83 Å². The van der Waals surface area contributed by atoms with E-state index in [0.29, 0.717) is 0 Å². The molecule has 22 aromatic carbocycles. The van der Waals surface area contributed by atoms with Crippen molar-refractivity contribution >= 4 is 112 Å². The second kappa shape index (κ2) is 32.2. The molecule has 654 valence electrons. The fourth-order valence-corrected chi connectivity index (χ4v) is 23.8. The van der Waals surface area contributed by atoms with Crippen molar-refractivity contribution in [3.8, 4) is 100 Å². The average Bonchev–Trinajstić information content (AvgIpc) is 1.46. The number of benzene rings is 22. The molecule has 2 spiro atoms. The summed E-state index contributed by atoms with van der Waals surface area (Å²) in [6.07, 6.45) is 0. The fourth-order valence-electron chi connectivity index (χ4n) is 23.8. The van der Waals surface area contributed by atoms with Crippen LogP contribution in [0.25, 0.3) is 144 Å². The van der Waals surface area contributed by atoms with E-state index in [2.05, 4.69) is 535 Å². The zero-order valence-corrected chi connectivity index (χ0v) is 76.3. The van der Waals surface area contributed by atoms with E-state index in [-0.39, 0.29) is 0 Å². The van der Waals surface area contributed by atoms with Gasteiger partial charge in [0.1, 0.15) is 22.3 Å². The summed E-state index contributed by atoms with van der Waals surface area (Å²) in [6, 6.07) is 194. The minimum absolute atomic E-state index is 0.746. The van der Waals surface area contributed by atoms with Crippen LogP contribution in [-0.2, 0) is 10.8 Å². The van der Waals surface area contributed by atoms with Crippen LogP contribution < -0.4 is 19.6 Å². The molecule has 2 aliphatic heterocycles. The Bertz CT molecular complexity index is 9050. The van der Waals surface area contributed by atoms with Crippen molar-refractivity contribution in [3.63, 3.8) is 0 Å². The molecule has 0 fully saturated rings. The second-order valence-electron chi connectivity index (χ2n) is 37.2. The molecule has 2 aliphatic carbocycles. The van der Waals surface area contributed by atoms with Crippen molar-refractivity contribution in [3.05, 3.63) is 566 Å². The first kappa shape index (κ1) is 80.1. The average molecular weight is 1780 g/mol. The van der Waals surface area contributed by atoms with Gasteiger partial charge in [-0.1, -0.05) is 364 Å². The highest BCUT2D eigenvalue weighted by Gasteiger charge is 2.54. The summed E-state index contributed by atoms with van der Waals surface area (Å²) in [4.78, 5) is 10.1. The topological polar surface area (TPSA) is 39.2 Å². The molecule has 0 radical (unpaired) electrons. The monoisotopic (exact) mass is 1780 g/mol. The predicted octanol–water partition coefficient (Wildman–Crippen LogP) is 36.4. The lowest BCUT2D eigenvalue weighted by Crippen LogP contribution is -2.36. The van der Waals surface area contributed by atoms with Gasteiger partial charge in [-0.3, -0.25) is 0 Å². The van der Waals surface area contributed by atoms with Crippen molar-refractivity contribution in [2.75, 3.05) is 19.6 Å². The Morgan fingerprint density at radius 2 is 0.479 bits per heavy atom. The largest absolute Gasteiger partial charge is 0.456 e. The standard InChI is InChI=1S/C134H86N4O2/c1-4-34-87(35-5-1)89-38-30-42-95(78-89)103-48-12-22-60-122(103)135(99-46-32-40-91(80-99)94-69-76-131-112(83-94)109-52-14-28-66-129(109)139-131)101-71-73-107-105-50-10-17-55-115(105)134(120(107)85-101)118-58-20-26-64-127(118)138(128-65-27-21-59-119(128)134)100-47-33-41-92(81-100)93-68-75-124(111(82-93)97-70-77-132-113(84-97)110-53-15-29-67-130(110)140-132)137(123-61-23-13-49-104(123)96-43-31-39-90(79-96)88-36-6-2-7-37-88)102-72-74-108-106-51-11-16-54-114(106)133(121(108)86-102)116-56-18-24-62-125(116)136(98-44-8-3-9-45-98)126-63-25-19-57-117(126)133/h1-86H. The maximum atomic E-state index is 6.74. The first-order valence-corrected chi connectivity index (χ1v) is 48.2. The molecule has 0 N–H and O–H groups in total. The van der Waals surface area contributed by atoms with Crippen LogP contribution in [0.15, 0.2) is 531 Å². The summed E-state index contributed by atoms with van der Waals surface area (Å²) in [6.45, 7) is 0. The fraction of sp³-hybridized carbons (Fsp3) is 0.0149. The minimum Gasteiger partial charge on any atom is -0.456 e. The van der Waals surface area contributed by atoms with Crippen LogP contribution >= 0.6 is 0 Å². The Labute approximate surface area is 812 Å². The zero-order chi connectivity index (χ0) is 92.1. The SMILES string of the molecule is c1ccc(-c2cccc(-c3ccccc3N(c3cccc(-c4ccc5oc6ccccc6c5c4)c3)c3ccc4c(c3)C3(c5ccccc5-4)c4ccccc4N(c4cccc(-c5ccc(N(c6ccc7c(c6)C6(c8ccccc8-7)c7ccccc7N(c7ccccc7)c7ccccc76)c6ccccc6-c6cccc(-c7ccccc7)c6)c(-c6ccc7oc8ccccc8c7c6)c5)c4)c4ccccc43)c2)cc1. The minimum atomic E-state index is -0.803. The smallest absolute Gasteiger partial charge is 0.135 e. The van der Waals surface area contributed by atoms with Gasteiger partial charge in [0.05, 0.1) is 50.6 Å². The van der Waals surface area contributed by atoms with Crippen LogP contribution in [0.2, 0.25) is 0 Å². The maximum Gasteiger partial charge on any atom is 0.135 e. The van der Waals surface area contributed by atoms with Gasteiger partial charge < -0.3 is 28.4 Å². The van der Waals surface area contributed by atoms with Gasteiger partial charge in [-0.25, -0.2) is 0 Å². The number of hydrogen-bond donors (Lipinski definition) is 0. The van der Waals surface area contributed by atoms with Crippen LogP contribution in [0.1, 0.15) is 44.5 Å². The molecule has 0 atom stereocenters. The molecular weight excluding hydrogens is 1700 g/mol. The quantitative estimate of drug-likeness (QED) is 0.102. The van der Waals surface area contributed by atoms with Gasteiger partial charge >= 0.3 is 0 Å². The van der Waals surface area contributed by atoms with Crippen LogP contribution in [0.5, 0.6) is 0 Å². The summed E-state index contributed by atoms with van der Waals surface area (Å²) >= 11 is 0. The Morgan fingerprint density at radius 3 is 1.01 bits per heavy atom. The molecule has 4 aliphatic rings. The van der Waals surface area contributed by atoms with E-state index >= 15 is 0 Å². The predicted molar refractivity (Wildman–Crippen MR) is 580 cm³/mol. The maximum absolute atomic E-state index is 6.74. The number of fused-ring (bicyclic) bond motifs is 24. The Kier molecular flexibility index (Phi) is 18.4. The lowest BCUT2D eigenvalue weighted by atomic mass is 9.64. The second-order valence-corrected chi connectivity index (χ2v) is 37.2. The molecule has 2 aromatic heterocycles. The van der Waals surface area contributed by atoms with Crippen LogP contribution in [0, 0.1) is 0 Å². The van der Waals surface area contributed by atoms with Crippen molar-refractivity contribution < 1.29 is 8.83 Å². The molecule has 6 heteroatoms. The molecule has 0 bridgehead atoms. The van der Waals surface area contributed by atoms with Gasteiger partial charge in [0.2, 0.25) is 0 Å². The molecule has 4 heterocycles. The van der Waals surface area contributed by atoms with E-state index in [1.807, 2.05) is 6.07 Å². The number of rotatable bonds is 15. The third-order valence-corrected chi connectivity index (χ3v) is 29.8. The lowest BCUT2D eigenvalue weighted by Gasteiger charge is -2.45. The number of para-hydroxylation sites is 9. The summed E-state index contributed by atoms with van der Waals surface area (Å²) < 4.78 is 13.2. The van der Waals surface area contributed by atoms with Crippen LogP contribution in [0.4, 0.5) is 68.2 Å². The van der Waals surface area contributed by atoms with E-state index in [0.717, 1.165) is 184 Å². The third-order valence-electron chi connectivity index (χ3n) is 29.8. The zero-order valence-electron chi connectivity index (χ0n) is 76.3. The van der Waals surface area contributed by atoms with Crippen molar-refractivity contribution in [2.45, 2.75) is 10.8 Å². The van der Waals surface area contributed by atoms with Crippen LogP contribution in [0.3, 0.4) is 0 Å². The third kappa shape index (κ3) is 12.4. The molecule has 0 saturated heterocycles. The first-order chi connectivity index (χ1) is 69.4. The van der Waals surface area contributed by atoms with Gasteiger partial charge in [0.25, 0.3) is 0 Å². The summed E-state index contributed by atoms with van der Waals surface area (Å²) in [5, 5.41) is 4.30. The van der Waals surface area contributed by atoms with Gasteiger partial charge in [-0.05, 0) is 286 Å². The summed E-state index contributed by atoms with van der Waals surface area (Å²) in [5.41, 5.74) is 44.7. The molecule has 24 aromatic rings. The van der Waals surface area contributed by atoms with E-state index in [9.17, 15) is 0 Å². The highest BCUT2D eigenvalue weighted by atomic mass is 16.3. The molecule has 6 nitrogen and oxygen atoms in total. The molecule has 140 heavy (non-hydrogen) atoms. The van der Waals surface area contributed by atoms with Crippen molar-refractivity contribution in [1.29, 1.82) is 0 Å². The number of nitrogens with zero attached hydrogens (tertiary/aromatic N) is 4. The van der Waals surface area contributed by atoms with Gasteiger partial charge in [0.15, 0.2) is 0 Å². The highest BCUT2D eigenvalue weighted by Crippen LogP contribution is 2.67. The number of anilines is 12. The van der Waals surface area contributed by atoms with Gasteiger partial charge in [-0.2, -0.15) is 0 Å². The number of furan rings is 2. The van der Waals surface area contributed by atoms with Crippen molar-refractivity contribution in [1.82, 2.24) is 0 Å². The summed E-state index contributed by atoms with van der Waals surface area (Å²) in [7, 11) is 0. The Balaban J connectivity index is 0.626. The Hall–Kier alpha value is -18.4. The van der Waals surface area contributed by atoms with Gasteiger partial charge in [-0.15, -0.1) is 0 Å². The molecule has 28 rings (SSSR count). The van der Waals surface area contributed by atoms with E-state index < -0.39 is 10.8 Å². The highest BCUT2D eigenvalue weighted by molar-refractivity contribution is 6.10. The first-order valence-electron chi connectivity index (χ1n) is 48.2. The normalized spacial score (nSPS) is 13.1. The molecule has 0 unspecified atom stereocenters.